The van der Waals surface area contributed by atoms with Crippen molar-refractivity contribution in [3.8, 4) is 5.75 Å². The molecule has 18 heavy (non-hydrogen) atoms. The van der Waals surface area contributed by atoms with Crippen LogP contribution in [0.1, 0.15) is 6.42 Å². The number of ether oxygens (including phenoxy) is 1. The Balaban J connectivity index is 2.12. The molecule has 5 heteroatoms. The van der Waals surface area contributed by atoms with Crippen molar-refractivity contribution in [3.63, 3.8) is 0 Å². The van der Waals surface area contributed by atoms with Crippen molar-refractivity contribution in [2.75, 3.05) is 25.2 Å². The third-order valence-electron chi connectivity index (χ3n) is 2.38. The van der Waals surface area contributed by atoms with Gasteiger partial charge in [0.05, 0.1) is 12.6 Å². The molecule has 0 aliphatic rings. The minimum absolute atomic E-state index is 0.110. The van der Waals surface area contributed by atoms with E-state index in [0.29, 0.717) is 19.6 Å². The fourth-order valence-electron chi connectivity index (χ4n) is 1.37. The zero-order valence-electron chi connectivity index (χ0n) is 10.6. The van der Waals surface area contributed by atoms with Gasteiger partial charge in [-0.3, -0.25) is 4.79 Å². The highest BCUT2D eigenvalue weighted by molar-refractivity contribution is 7.98. The number of thioether (sulfide) groups is 1. The lowest BCUT2D eigenvalue weighted by atomic mass is 10.2. The Hall–Kier alpha value is -1.20. The predicted octanol–water partition coefficient (Wildman–Crippen LogP) is 1.26. The van der Waals surface area contributed by atoms with Crippen LogP contribution in [0.15, 0.2) is 30.3 Å². The summed E-state index contributed by atoms with van der Waals surface area (Å²) in [5, 5.41) is 2.76. The van der Waals surface area contributed by atoms with Crippen molar-refractivity contribution in [1.82, 2.24) is 5.32 Å². The maximum absolute atomic E-state index is 11.6. The Morgan fingerprint density at radius 2 is 2.17 bits per heavy atom. The number of hydrogen-bond donors (Lipinski definition) is 2. The van der Waals surface area contributed by atoms with Crippen molar-refractivity contribution in [3.05, 3.63) is 30.3 Å². The Morgan fingerprint density at radius 1 is 1.44 bits per heavy atom. The summed E-state index contributed by atoms with van der Waals surface area (Å²) in [7, 11) is 0. The molecule has 0 spiro atoms. The van der Waals surface area contributed by atoms with Crippen LogP contribution in [-0.4, -0.2) is 37.1 Å². The molecule has 100 valence electrons. The zero-order chi connectivity index (χ0) is 13.2. The van der Waals surface area contributed by atoms with Gasteiger partial charge < -0.3 is 15.8 Å². The minimum Gasteiger partial charge on any atom is -0.492 e. The van der Waals surface area contributed by atoms with E-state index < -0.39 is 6.04 Å². The lowest BCUT2D eigenvalue weighted by molar-refractivity contribution is -0.122. The lowest BCUT2D eigenvalue weighted by Gasteiger charge is -2.12. The molecular weight excluding hydrogens is 248 g/mol. The number of nitrogens with two attached hydrogens (primary N) is 1. The second-order valence-corrected chi connectivity index (χ2v) is 4.83. The quantitative estimate of drug-likeness (QED) is 0.697. The SMILES string of the molecule is CSCC[C@H](N)C(=O)NCCOc1ccccc1. The Labute approximate surface area is 112 Å². The molecule has 0 saturated carbocycles. The molecular formula is C13H20N2O2S. The summed E-state index contributed by atoms with van der Waals surface area (Å²) < 4.78 is 5.46. The molecule has 0 heterocycles. The number of nitrogens with one attached hydrogen (secondary N) is 1. The van der Waals surface area contributed by atoms with Gasteiger partial charge in [-0.15, -0.1) is 0 Å². The number of rotatable bonds is 8. The van der Waals surface area contributed by atoms with Crippen LogP contribution < -0.4 is 15.8 Å². The third kappa shape index (κ3) is 5.93. The molecule has 1 aromatic carbocycles. The van der Waals surface area contributed by atoms with E-state index in [1.165, 1.54) is 0 Å². The van der Waals surface area contributed by atoms with Crippen molar-refractivity contribution >= 4 is 17.7 Å². The molecule has 1 atom stereocenters. The molecule has 3 N–H and O–H groups in total. The monoisotopic (exact) mass is 268 g/mol. The number of benzene rings is 1. The Morgan fingerprint density at radius 3 is 2.83 bits per heavy atom. The molecule has 1 rings (SSSR count). The van der Waals surface area contributed by atoms with Gasteiger partial charge >= 0.3 is 0 Å². The highest BCUT2D eigenvalue weighted by Gasteiger charge is 2.11. The van der Waals surface area contributed by atoms with E-state index in [1.807, 2.05) is 36.6 Å². The summed E-state index contributed by atoms with van der Waals surface area (Å²) in [6.07, 6.45) is 2.70. The molecule has 4 nitrogen and oxygen atoms in total. The van der Waals surface area contributed by atoms with E-state index in [9.17, 15) is 4.79 Å². The van der Waals surface area contributed by atoms with E-state index in [4.69, 9.17) is 10.5 Å². The molecule has 1 aromatic rings. The van der Waals surface area contributed by atoms with Gasteiger partial charge in [-0.1, -0.05) is 18.2 Å². The van der Waals surface area contributed by atoms with Crippen molar-refractivity contribution in [2.24, 2.45) is 5.73 Å². The van der Waals surface area contributed by atoms with E-state index in [1.54, 1.807) is 11.8 Å². The van der Waals surface area contributed by atoms with Crippen molar-refractivity contribution < 1.29 is 9.53 Å². The first-order valence-corrected chi connectivity index (χ1v) is 7.33. The van der Waals surface area contributed by atoms with Crippen LogP contribution in [-0.2, 0) is 4.79 Å². The number of amides is 1. The molecule has 0 unspecified atom stereocenters. The number of hydrogen-bond acceptors (Lipinski definition) is 4. The van der Waals surface area contributed by atoms with Crippen LogP contribution in [0.2, 0.25) is 0 Å². The molecule has 0 saturated heterocycles. The zero-order valence-corrected chi connectivity index (χ0v) is 11.4. The van der Waals surface area contributed by atoms with Gasteiger partial charge in [0, 0.05) is 0 Å². The highest BCUT2D eigenvalue weighted by atomic mass is 32.2. The summed E-state index contributed by atoms with van der Waals surface area (Å²) in [6.45, 7) is 0.922. The summed E-state index contributed by atoms with van der Waals surface area (Å²) in [5.41, 5.74) is 5.73. The van der Waals surface area contributed by atoms with Crippen molar-refractivity contribution in [1.29, 1.82) is 0 Å². The third-order valence-corrected chi connectivity index (χ3v) is 3.03. The number of carbonyl (C=O) groups is 1. The first-order valence-electron chi connectivity index (χ1n) is 5.94. The lowest BCUT2D eigenvalue weighted by Crippen LogP contribution is -2.42. The average Bonchev–Trinajstić information content (AvgIpc) is 2.41. The molecule has 0 aromatic heterocycles. The topological polar surface area (TPSA) is 64.4 Å². The van der Waals surface area contributed by atoms with Gasteiger partial charge in [0.25, 0.3) is 0 Å². The minimum atomic E-state index is -0.422. The first kappa shape index (κ1) is 14.9. The molecule has 0 aliphatic carbocycles. The first-order chi connectivity index (χ1) is 8.74. The van der Waals surface area contributed by atoms with Crippen molar-refractivity contribution in [2.45, 2.75) is 12.5 Å². The summed E-state index contributed by atoms with van der Waals surface area (Å²) in [4.78, 5) is 11.6. The fourth-order valence-corrected chi connectivity index (χ4v) is 1.86. The van der Waals surface area contributed by atoms with Crippen LogP contribution in [0.25, 0.3) is 0 Å². The van der Waals surface area contributed by atoms with Gasteiger partial charge in [-0.05, 0) is 30.6 Å². The Bertz CT molecular complexity index is 346. The highest BCUT2D eigenvalue weighted by Crippen LogP contribution is 2.07. The van der Waals surface area contributed by atoms with Gasteiger partial charge in [0.15, 0.2) is 0 Å². The second kappa shape index (κ2) is 8.83. The maximum atomic E-state index is 11.6. The van der Waals surface area contributed by atoms with Crippen LogP contribution >= 0.6 is 11.8 Å². The number of carbonyl (C=O) groups excluding carboxylic acids is 1. The molecule has 0 fully saturated rings. The summed E-state index contributed by atoms with van der Waals surface area (Å²) >= 11 is 1.69. The summed E-state index contributed by atoms with van der Waals surface area (Å²) in [6, 6.07) is 9.09. The van der Waals surface area contributed by atoms with Crippen LogP contribution in [0.3, 0.4) is 0 Å². The van der Waals surface area contributed by atoms with Gasteiger partial charge in [0.1, 0.15) is 12.4 Å². The fraction of sp³-hybridized carbons (Fsp3) is 0.462. The van der Waals surface area contributed by atoms with E-state index in [2.05, 4.69) is 5.32 Å². The Kier molecular flexibility index (Phi) is 7.29. The molecule has 0 aliphatic heterocycles. The van der Waals surface area contributed by atoms with Crippen LogP contribution in [0.5, 0.6) is 5.75 Å². The second-order valence-electron chi connectivity index (χ2n) is 3.84. The standard InChI is InChI=1S/C13H20N2O2S/c1-18-10-7-12(14)13(16)15-8-9-17-11-5-3-2-4-6-11/h2-6,12H,7-10,14H2,1H3,(H,15,16)/t12-/m0/s1. The average molecular weight is 268 g/mol. The largest absolute Gasteiger partial charge is 0.492 e. The van der Waals surface area contributed by atoms with Crippen LogP contribution in [0, 0.1) is 0 Å². The molecule has 0 radical (unpaired) electrons. The predicted molar refractivity (Wildman–Crippen MR) is 75.9 cm³/mol. The molecule has 1 amide bonds. The number of para-hydroxylation sites is 1. The van der Waals surface area contributed by atoms with Crippen LogP contribution in [0.4, 0.5) is 0 Å². The van der Waals surface area contributed by atoms with E-state index in [-0.39, 0.29) is 5.91 Å². The maximum Gasteiger partial charge on any atom is 0.237 e. The molecule has 0 bridgehead atoms. The normalized spacial score (nSPS) is 11.9. The summed E-state index contributed by atoms with van der Waals surface area (Å²) in [5.74, 6) is 1.59. The smallest absolute Gasteiger partial charge is 0.237 e. The van der Waals surface area contributed by atoms with Gasteiger partial charge in [-0.2, -0.15) is 11.8 Å². The van der Waals surface area contributed by atoms with Gasteiger partial charge in [-0.25, -0.2) is 0 Å². The van der Waals surface area contributed by atoms with E-state index in [0.717, 1.165) is 11.5 Å². The van der Waals surface area contributed by atoms with E-state index >= 15 is 0 Å². The van der Waals surface area contributed by atoms with Gasteiger partial charge in [0.2, 0.25) is 5.91 Å².